The summed E-state index contributed by atoms with van der Waals surface area (Å²) in [5.41, 5.74) is 1.01. The Balaban J connectivity index is 2.18. The van der Waals surface area contributed by atoms with Crippen LogP contribution >= 0.6 is 31.9 Å². The van der Waals surface area contributed by atoms with Crippen LogP contribution in [0.25, 0.3) is 0 Å². The van der Waals surface area contributed by atoms with Crippen molar-refractivity contribution in [2.45, 2.75) is 33.3 Å². The summed E-state index contributed by atoms with van der Waals surface area (Å²) in [6, 6.07) is 11.9. The Morgan fingerprint density at radius 3 is 1.30 bits per heavy atom. The van der Waals surface area contributed by atoms with Crippen LogP contribution < -0.4 is 10.6 Å². The van der Waals surface area contributed by atoms with Crippen molar-refractivity contribution in [2.75, 3.05) is 10.6 Å². The number of nitrogens with one attached hydrogen (secondary N) is 2. The molecular weight excluding hydrogens is 500 g/mol. The molecular formula is C18H18Br2N2O4S. The lowest BCUT2D eigenvalue weighted by atomic mass is 10.3. The van der Waals surface area contributed by atoms with Crippen LogP contribution in [0.5, 0.6) is 0 Å². The van der Waals surface area contributed by atoms with Crippen LogP contribution in [0.2, 0.25) is 0 Å². The highest BCUT2D eigenvalue weighted by Gasteiger charge is 2.18. The molecule has 144 valence electrons. The van der Waals surface area contributed by atoms with Crippen LogP contribution in [0.15, 0.2) is 58.3 Å². The maximum Gasteiger partial charge on any atom is 0.237 e. The first kappa shape index (κ1) is 21.6. The number of alkyl halides is 2. The molecule has 0 aromatic heterocycles. The maximum absolute atomic E-state index is 12.7. The zero-order chi connectivity index (χ0) is 20.2. The summed E-state index contributed by atoms with van der Waals surface area (Å²) in [6.07, 6.45) is 0. The fraction of sp³-hybridized carbons (Fsp3) is 0.222. The van der Waals surface area contributed by atoms with Gasteiger partial charge < -0.3 is 10.6 Å². The minimum atomic E-state index is -3.71. The lowest BCUT2D eigenvalue weighted by Gasteiger charge is -2.10. The molecule has 0 bridgehead atoms. The van der Waals surface area contributed by atoms with Gasteiger partial charge >= 0.3 is 0 Å². The average Bonchev–Trinajstić information content (AvgIpc) is 2.62. The summed E-state index contributed by atoms with van der Waals surface area (Å²) in [5, 5.41) is 5.34. The van der Waals surface area contributed by atoms with Crippen LogP contribution in [-0.4, -0.2) is 29.9 Å². The molecule has 2 aromatic rings. The van der Waals surface area contributed by atoms with Gasteiger partial charge in [0.05, 0.1) is 19.4 Å². The van der Waals surface area contributed by atoms with Crippen molar-refractivity contribution in [2.24, 2.45) is 0 Å². The Labute approximate surface area is 174 Å². The predicted molar refractivity (Wildman–Crippen MR) is 112 cm³/mol. The summed E-state index contributed by atoms with van der Waals surface area (Å²) in [4.78, 5) is 22.8. The molecule has 0 fully saturated rings. The third kappa shape index (κ3) is 5.63. The Morgan fingerprint density at radius 2 is 1.04 bits per heavy atom. The van der Waals surface area contributed by atoms with Crippen LogP contribution in [0, 0.1) is 0 Å². The first-order valence-corrected chi connectivity index (χ1v) is 11.3. The number of carbonyl (C=O) groups excluding carboxylic acids is 2. The molecule has 2 N–H and O–H groups in total. The Kier molecular flexibility index (Phi) is 7.19. The van der Waals surface area contributed by atoms with E-state index in [1.54, 1.807) is 13.8 Å². The molecule has 0 saturated heterocycles. The molecule has 0 heterocycles. The number of rotatable bonds is 6. The predicted octanol–water partition coefficient (Wildman–Crippen LogP) is 3.96. The van der Waals surface area contributed by atoms with Gasteiger partial charge in [0.1, 0.15) is 0 Å². The van der Waals surface area contributed by atoms with E-state index < -0.39 is 9.84 Å². The first-order valence-electron chi connectivity index (χ1n) is 7.96. The quantitative estimate of drug-likeness (QED) is 0.567. The number of sulfone groups is 1. The van der Waals surface area contributed by atoms with Crippen molar-refractivity contribution < 1.29 is 18.0 Å². The number of anilines is 2. The molecule has 2 rings (SSSR count). The van der Waals surface area contributed by atoms with E-state index >= 15 is 0 Å². The van der Waals surface area contributed by atoms with E-state index in [2.05, 4.69) is 42.5 Å². The molecule has 0 aliphatic heterocycles. The molecule has 27 heavy (non-hydrogen) atoms. The molecule has 6 nitrogen and oxygen atoms in total. The standard InChI is InChI=1S/C18H18Br2N2O4S/c1-11(19)17(23)21-13-3-7-15(8-4-13)27(25,26)16-9-5-14(6-10-16)22-18(24)12(2)20/h3-12H,1-2H3,(H,21,23)(H,22,24). The number of amides is 2. The van der Waals surface area contributed by atoms with Crippen LogP contribution in [0.4, 0.5) is 11.4 Å². The van der Waals surface area contributed by atoms with Gasteiger partial charge in [0, 0.05) is 11.4 Å². The number of benzene rings is 2. The van der Waals surface area contributed by atoms with Gasteiger partial charge in [0.25, 0.3) is 0 Å². The highest BCUT2D eigenvalue weighted by Crippen LogP contribution is 2.24. The smallest absolute Gasteiger partial charge is 0.237 e. The topological polar surface area (TPSA) is 92.3 Å². The van der Waals surface area contributed by atoms with E-state index in [0.717, 1.165) is 0 Å². The van der Waals surface area contributed by atoms with Gasteiger partial charge in [-0.3, -0.25) is 9.59 Å². The Bertz CT molecular complexity index is 853. The fourth-order valence-electron chi connectivity index (χ4n) is 2.05. The molecule has 2 atom stereocenters. The lowest BCUT2D eigenvalue weighted by molar-refractivity contribution is -0.116. The summed E-state index contributed by atoms with van der Waals surface area (Å²) >= 11 is 6.33. The van der Waals surface area contributed by atoms with Crippen molar-refractivity contribution >= 4 is 64.9 Å². The second kappa shape index (κ2) is 8.99. The van der Waals surface area contributed by atoms with Gasteiger partial charge in [-0.15, -0.1) is 0 Å². The number of halogens is 2. The molecule has 0 aliphatic rings. The van der Waals surface area contributed by atoms with Crippen molar-refractivity contribution in [3.8, 4) is 0 Å². The third-order valence-electron chi connectivity index (χ3n) is 3.59. The van der Waals surface area contributed by atoms with Crippen molar-refractivity contribution in [3.05, 3.63) is 48.5 Å². The molecule has 0 saturated carbocycles. The number of carbonyl (C=O) groups is 2. The third-order valence-corrected chi connectivity index (χ3v) is 6.20. The highest BCUT2D eigenvalue weighted by molar-refractivity contribution is 9.10. The van der Waals surface area contributed by atoms with Crippen LogP contribution in [0.1, 0.15) is 13.8 Å². The summed E-state index contributed by atoms with van der Waals surface area (Å²) < 4.78 is 25.5. The highest BCUT2D eigenvalue weighted by atomic mass is 79.9. The minimum Gasteiger partial charge on any atom is -0.325 e. The molecule has 9 heteroatoms. The fourth-order valence-corrected chi connectivity index (χ4v) is 3.54. The van der Waals surface area contributed by atoms with Crippen LogP contribution in [-0.2, 0) is 19.4 Å². The van der Waals surface area contributed by atoms with E-state index in [9.17, 15) is 18.0 Å². The Hall–Kier alpha value is -1.71. The van der Waals surface area contributed by atoms with Crippen LogP contribution in [0.3, 0.4) is 0 Å². The minimum absolute atomic E-state index is 0.109. The van der Waals surface area contributed by atoms with Gasteiger partial charge in [-0.05, 0) is 62.4 Å². The van der Waals surface area contributed by atoms with E-state index in [0.29, 0.717) is 11.4 Å². The van der Waals surface area contributed by atoms with Gasteiger partial charge in [-0.2, -0.15) is 0 Å². The molecule has 0 spiro atoms. The van der Waals surface area contributed by atoms with Gasteiger partial charge in [-0.1, -0.05) is 31.9 Å². The SMILES string of the molecule is CC(Br)C(=O)Nc1ccc(S(=O)(=O)c2ccc(NC(=O)C(C)Br)cc2)cc1. The van der Waals surface area contributed by atoms with E-state index in [4.69, 9.17) is 0 Å². The molecule has 0 aliphatic carbocycles. The van der Waals surface area contributed by atoms with Crippen molar-refractivity contribution in [1.82, 2.24) is 0 Å². The van der Waals surface area contributed by atoms with Crippen molar-refractivity contribution in [3.63, 3.8) is 0 Å². The zero-order valence-electron chi connectivity index (χ0n) is 14.6. The number of hydrogen-bond donors (Lipinski definition) is 2. The lowest BCUT2D eigenvalue weighted by Crippen LogP contribution is -2.20. The molecule has 2 aromatic carbocycles. The molecule has 2 unspecified atom stereocenters. The van der Waals surface area contributed by atoms with Gasteiger partial charge in [0.15, 0.2) is 0 Å². The van der Waals surface area contributed by atoms with Gasteiger partial charge in [-0.25, -0.2) is 8.42 Å². The van der Waals surface area contributed by atoms with Gasteiger partial charge in [0.2, 0.25) is 21.7 Å². The Morgan fingerprint density at radius 1 is 0.741 bits per heavy atom. The molecule has 2 amide bonds. The van der Waals surface area contributed by atoms with E-state index in [1.807, 2.05) is 0 Å². The van der Waals surface area contributed by atoms with E-state index in [1.165, 1.54) is 48.5 Å². The summed E-state index contributed by atoms with van der Waals surface area (Å²) in [5.74, 6) is -0.443. The second-order valence-corrected chi connectivity index (χ2v) is 10.5. The maximum atomic E-state index is 12.7. The normalized spacial score (nSPS) is 13.5. The van der Waals surface area contributed by atoms with Crippen molar-refractivity contribution in [1.29, 1.82) is 0 Å². The molecule has 0 radical (unpaired) electrons. The summed E-state index contributed by atoms with van der Waals surface area (Å²) in [6.45, 7) is 3.39. The number of hydrogen-bond acceptors (Lipinski definition) is 4. The monoisotopic (exact) mass is 516 g/mol. The largest absolute Gasteiger partial charge is 0.325 e. The average molecular weight is 518 g/mol. The second-order valence-electron chi connectivity index (χ2n) is 5.76. The van der Waals surface area contributed by atoms with E-state index in [-0.39, 0.29) is 31.3 Å². The summed E-state index contributed by atoms with van der Waals surface area (Å²) in [7, 11) is -3.71. The first-order chi connectivity index (χ1) is 12.6. The zero-order valence-corrected chi connectivity index (χ0v) is 18.6.